The molecule has 2 aromatic carbocycles. The first-order valence-corrected chi connectivity index (χ1v) is 7.88. The molecule has 0 saturated heterocycles. The molecule has 0 aliphatic heterocycles. The Bertz CT molecular complexity index is 825. The summed E-state index contributed by atoms with van der Waals surface area (Å²) in [6.07, 6.45) is 1.22. The lowest BCUT2D eigenvalue weighted by Crippen LogP contribution is -2.30. The zero-order valence-corrected chi connectivity index (χ0v) is 13.5. The van der Waals surface area contributed by atoms with Crippen molar-refractivity contribution < 1.29 is 14.3 Å². The summed E-state index contributed by atoms with van der Waals surface area (Å²) < 4.78 is 5.40. The van der Waals surface area contributed by atoms with E-state index in [2.05, 4.69) is 20.6 Å². The monoisotopic (exact) mass is 338 g/mol. The molecule has 7 heteroatoms. The smallest absolute Gasteiger partial charge is 0.257 e. The number of carbonyl (C=O) groups excluding carboxylic acids is 2. The average Bonchev–Trinajstić information content (AvgIpc) is 3.04. The van der Waals surface area contributed by atoms with Gasteiger partial charge in [-0.3, -0.25) is 9.59 Å². The van der Waals surface area contributed by atoms with Gasteiger partial charge in [0.1, 0.15) is 11.6 Å². The second kappa shape index (κ2) is 7.96. The normalized spacial score (nSPS) is 10.4. The highest BCUT2D eigenvalue weighted by Gasteiger charge is 2.05. The first kappa shape index (κ1) is 16.5. The number of anilines is 1. The van der Waals surface area contributed by atoms with E-state index in [4.69, 9.17) is 4.74 Å². The molecular weight excluding hydrogens is 320 g/mol. The number of para-hydroxylation sites is 2. The molecule has 0 aliphatic rings. The summed E-state index contributed by atoms with van der Waals surface area (Å²) in [4.78, 5) is 29.8. The largest absolute Gasteiger partial charge is 0.484 e. The summed E-state index contributed by atoms with van der Waals surface area (Å²) in [5, 5.41) is 5.32. The van der Waals surface area contributed by atoms with Gasteiger partial charge in [-0.25, -0.2) is 4.98 Å². The number of hydrogen-bond acceptors (Lipinski definition) is 4. The topological polar surface area (TPSA) is 96.1 Å². The van der Waals surface area contributed by atoms with E-state index in [0.29, 0.717) is 30.8 Å². The maximum atomic E-state index is 11.8. The molecule has 2 amide bonds. The van der Waals surface area contributed by atoms with E-state index in [1.165, 1.54) is 0 Å². The Morgan fingerprint density at radius 1 is 1.16 bits per heavy atom. The number of ether oxygens (including phenoxy) is 1. The van der Waals surface area contributed by atoms with Gasteiger partial charge < -0.3 is 20.4 Å². The number of hydrogen-bond donors (Lipinski definition) is 3. The average molecular weight is 338 g/mol. The Morgan fingerprint density at radius 3 is 2.72 bits per heavy atom. The van der Waals surface area contributed by atoms with Crippen LogP contribution in [0.5, 0.6) is 5.75 Å². The van der Waals surface area contributed by atoms with Crippen LogP contribution in [-0.4, -0.2) is 35.4 Å². The van der Waals surface area contributed by atoms with Crippen LogP contribution in [0.4, 0.5) is 5.69 Å². The first-order valence-electron chi connectivity index (χ1n) is 7.88. The number of aromatic nitrogens is 2. The molecule has 3 rings (SSSR count). The van der Waals surface area contributed by atoms with Gasteiger partial charge in [0.05, 0.1) is 11.0 Å². The van der Waals surface area contributed by atoms with Gasteiger partial charge >= 0.3 is 0 Å². The molecule has 128 valence electrons. The third-order valence-corrected chi connectivity index (χ3v) is 3.57. The predicted molar refractivity (Wildman–Crippen MR) is 94.4 cm³/mol. The van der Waals surface area contributed by atoms with E-state index in [1.807, 2.05) is 24.3 Å². The van der Waals surface area contributed by atoms with Crippen LogP contribution in [-0.2, 0) is 16.0 Å². The molecule has 0 radical (unpaired) electrons. The van der Waals surface area contributed by atoms with Gasteiger partial charge in [0, 0.05) is 18.7 Å². The van der Waals surface area contributed by atoms with Gasteiger partial charge in [-0.05, 0) is 36.4 Å². The number of H-pyrrole nitrogens is 1. The molecule has 0 fully saturated rings. The molecule has 3 aromatic rings. The number of carbonyl (C=O) groups is 2. The molecule has 7 nitrogen and oxygen atoms in total. The fourth-order valence-corrected chi connectivity index (χ4v) is 2.36. The third-order valence-electron chi connectivity index (χ3n) is 3.57. The van der Waals surface area contributed by atoms with Gasteiger partial charge in [0.2, 0.25) is 6.41 Å². The Kier molecular flexibility index (Phi) is 5.26. The van der Waals surface area contributed by atoms with Crippen LogP contribution in [0.3, 0.4) is 0 Å². The van der Waals surface area contributed by atoms with Crippen molar-refractivity contribution in [1.82, 2.24) is 15.3 Å². The number of benzene rings is 2. The van der Waals surface area contributed by atoms with Crippen LogP contribution in [0.15, 0.2) is 48.5 Å². The quantitative estimate of drug-likeness (QED) is 0.546. The lowest BCUT2D eigenvalue weighted by atomic mass is 10.3. The summed E-state index contributed by atoms with van der Waals surface area (Å²) >= 11 is 0. The first-order chi connectivity index (χ1) is 12.2. The number of imidazole rings is 1. The molecule has 3 N–H and O–H groups in total. The number of fused-ring (bicyclic) bond motifs is 1. The van der Waals surface area contributed by atoms with Crippen molar-refractivity contribution in [2.45, 2.75) is 6.42 Å². The lowest BCUT2D eigenvalue weighted by Gasteiger charge is -2.07. The lowest BCUT2D eigenvalue weighted by molar-refractivity contribution is -0.123. The standard InChI is InChI=1S/C18H18N4O3/c23-12-20-13-5-7-14(8-6-13)25-11-18(24)19-10-9-17-21-15-3-1-2-4-16(15)22-17/h1-8,12H,9-11H2,(H,19,24)(H,20,23)(H,21,22). The summed E-state index contributed by atoms with van der Waals surface area (Å²) in [6, 6.07) is 14.6. The Hall–Kier alpha value is -3.35. The molecule has 25 heavy (non-hydrogen) atoms. The van der Waals surface area contributed by atoms with E-state index in [0.717, 1.165) is 16.9 Å². The highest BCUT2D eigenvalue weighted by atomic mass is 16.5. The van der Waals surface area contributed by atoms with Crippen molar-refractivity contribution in [3.05, 3.63) is 54.4 Å². The minimum absolute atomic E-state index is 0.0689. The van der Waals surface area contributed by atoms with Crippen molar-refractivity contribution in [2.75, 3.05) is 18.5 Å². The fourth-order valence-electron chi connectivity index (χ4n) is 2.36. The van der Waals surface area contributed by atoms with E-state index in [1.54, 1.807) is 24.3 Å². The van der Waals surface area contributed by atoms with E-state index in [-0.39, 0.29) is 12.5 Å². The maximum absolute atomic E-state index is 11.8. The summed E-state index contributed by atoms with van der Waals surface area (Å²) in [5.74, 6) is 1.19. The maximum Gasteiger partial charge on any atom is 0.257 e. The fraction of sp³-hybridized carbons (Fsp3) is 0.167. The molecule has 1 heterocycles. The number of nitrogens with zero attached hydrogens (tertiary/aromatic N) is 1. The number of nitrogens with one attached hydrogen (secondary N) is 3. The number of amides is 2. The molecule has 1 aromatic heterocycles. The molecule has 0 atom stereocenters. The minimum Gasteiger partial charge on any atom is -0.484 e. The third kappa shape index (κ3) is 4.57. The van der Waals surface area contributed by atoms with Crippen LogP contribution in [0.25, 0.3) is 11.0 Å². The second-order valence-corrected chi connectivity index (χ2v) is 5.38. The van der Waals surface area contributed by atoms with Crippen LogP contribution >= 0.6 is 0 Å². The van der Waals surface area contributed by atoms with Crippen LogP contribution in [0, 0.1) is 0 Å². The van der Waals surface area contributed by atoms with Gasteiger partial charge in [0.25, 0.3) is 5.91 Å². The zero-order valence-electron chi connectivity index (χ0n) is 13.5. The molecule has 0 saturated carbocycles. The molecule has 0 bridgehead atoms. The Balaban J connectivity index is 1.41. The minimum atomic E-state index is -0.203. The van der Waals surface area contributed by atoms with Crippen LogP contribution in [0.2, 0.25) is 0 Å². The Morgan fingerprint density at radius 2 is 1.96 bits per heavy atom. The van der Waals surface area contributed by atoms with Gasteiger partial charge in [-0.2, -0.15) is 0 Å². The van der Waals surface area contributed by atoms with Crippen molar-refractivity contribution >= 4 is 29.0 Å². The molecule has 0 spiro atoms. The second-order valence-electron chi connectivity index (χ2n) is 5.38. The van der Waals surface area contributed by atoms with E-state index < -0.39 is 0 Å². The van der Waals surface area contributed by atoms with Crippen molar-refractivity contribution in [2.24, 2.45) is 0 Å². The van der Waals surface area contributed by atoms with Crippen molar-refractivity contribution in [3.8, 4) is 5.75 Å². The summed E-state index contributed by atoms with van der Waals surface area (Å²) in [7, 11) is 0. The molecular formula is C18H18N4O3. The van der Waals surface area contributed by atoms with Crippen molar-refractivity contribution in [3.63, 3.8) is 0 Å². The number of aromatic amines is 1. The SMILES string of the molecule is O=CNc1ccc(OCC(=O)NCCc2nc3ccccc3[nH]2)cc1. The Labute approximate surface area is 144 Å². The summed E-state index contributed by atoms with van der Waals surface area (Å²) in [5.41, 5.74) is 2.57. The van der Waals surface area contributed by atoms with E-state index in [9.17, 15) is 9.59 Å². The highest BCUT2D eigenvalue weighted by molar-refractivity contribution is 5.77. The van der Waals surface area contributed by atoms with Crippen LogP contribution < -0.4 is 15.4 Å². The molecule has 0 unspecified atom stereocenters. The zero-order chi connectivity index (χ0) is 17.5. The van der Waals surface area contributed by atoms with Crippen LogP contribution in [0.1, 0.15) is 5.82 Å². The number of rotatable bonds is 8. The van der Waals surface area contributed by atoms with Crippen molar-refractivity contribution in [1.29, 1.82) is 0 Å². The predicted octanol–water partition coefficient (Wildman–Crippen LogP) is 1.87. The van der Waals surface area contributed by atoms with Gasteiger partial charge in [-0.15, -0.1) is 0 Å². The summed E-state index contributed by atoms with van der Waals surface area (Å²) in [6.45, 7) is 0.408. The highest BCUT2D eigenvalue weighted by Crippen LogP contribution is 2.15. The van der Waals surface area contributed by atoms with Gasteiger partial charge in [-0.1, -0.05) is 12.1 Å². The molecule has 0 aliphatic carbocycles. The van der Waals surface area contributed by atoms with Gasteiger partial charge in [0.15, 0.2) is 6.61 Å². The van der Waals surface area contributed by atoms with E-state index >= 15 is 0 Å².